The molecule has 0 radical (unpaired) electrons. The highest BCUT2D eigenvalue weighted by atomic mass is 19.4. The number of primary amides is 1. The summed E-state index contributed by atoms with van der Waals surface area (Å²) in [6.07, 6.45) is -4.20. The van der Waals surface area contributed by atoms with Crippen molar-refractivity contribution in [2.24, 2.45) is 5.73 Å². The lowest BCUT2D eigenvalue weighted by atomic mass is 9.96. The standard InChI is InChI=1S/C11H12F3NO/c1-7(6-10(15)16)8-2-4-9(5-3-8)11(12,13)14/h2-5,7H,6H2,1H3,(H2,15,16)/t7-/m1/s1. The summed E-state index contributed by atoms with van der Waals surface area (Å²) >= 11 is 0. The lowest BCUT2D eigenvalue weighted by Gasteiger charge is -2.11. The highest BCUT2D eigenvalue weighted by Crippen LogP contribution is 2.30. The minimum atomic E-state index is -4.33. The van der Waals surface area contributed by atoms with E-state index in [1.54, 1.807) is 6.92 Å². The lowest BCUT2D eigenvalue weighted by molar-refractivity contribution is -0.137. The predicted molar refractivity (Wildman–Crippen MR) is 53.7 cm³/mol. The van der Waals surface area contributed by atoms with Crippen molar-refractivity contribution in [3.63, 3.8) is 0 Å². The van der Waals surface area contributed by atoms with Crippen LogP contribution in [0.4, 0.5) is 13.2 Å². The van der Waals surface area contributed by atoms with E-state index in [-0.39, 0.29) is 12.3 Å². The molecule has 1 atom stereocenters. The van der Waals surface area contributed by atoms with E-state index in [1.807, 2.05) is 0 Å². The summed E-state index contributed by atoms with van der Waals surface area (Å²) in [5.74, 6) is -0.632. The average molecular weight is 231 g/mol. The van der Waals surface area contributed by atoms with Gasteiger partial charge in [-0.2, -0.15) is 13.2 Å². The zero-order valence-electron chi connectivity index (χ0n) is 8.71. The van der Waals surface area contributed by atoms with Gasteiger partial charge in [0.15, 0.2) is 0 Å². The predicted octanol–water partition coefficient (Wildman–Crippen LogP) is 2.68. The number of benzene rings is 1. The van der Waals surface area contributed by atoms with Crippen LogP contribution in [0.2, 0.25) is 0 Å². The van der Waals surface area contributed by atoms with E-state index in [0.29, 0.717) is 5.56 Å². The Bertz CT molecular complexity index is 370. The monoisotopic (exact) mass is 231 g/mol. The molecule has 88 valence electrons. The third-order valence-electron chi connectivity index (χ3n) is 2.31. The van der Waals surface area contributed by atoms with Gasteiger partial charge in [0.05, 0.1) is 5.56 Å². The maximum absolute atomic E-state index is 12.3. The van der Waals surface area contributed by atoms with Crippen LogP contribution >= 0.6 is 0 Å². The van der Waals surface area contributed by atoms with Crippen LogP contribution in [-0.4, -0.2) is 5.91 Å². The summed E-state index contributed by atoms with van der Waals surface area (Å²) in [6, 6.07) is 4.76. The number of carbonyl (C=O) groups excluding carboxylic acids is 1. The SMILES string of the molecule is C[C@H](CC(N)=O)c1ccc(C(F)(F)F)cc1. The van der Waals surface area contributed by atoms with Crippen LogP contribution in [-0.2, 0) is 11.0 Å². The van der Waals surface area contributed by atoms with E-state index < -0.39 is 17.6 Å². The minimum Gasteiger partial charge on any atom is -0.370 e. The second-order valence-electron chi connectivity index (χ2n) is 3.69. The number of alkyl halides is 3. The summed E-state index contributed by atoms with van der Waals surface area (Å²) in [5.41, 5.74) is 4.99. The summed E-state index contributed by atoms with van der Waals surface area (Å²) in [4.78, 5) is 10.7. The Balaban J connectivity index is 2.83. The Labute approximate surface area is 91.3 Å². The molecule has 2 N–H and O–H groups in total. The van der Waals surface area contributed by atoms with Gasteiger partial charge >= 0.3 is 6.18 Å². The number of hydrogen-bond donors (Lipinski definition) is 1. The number of hydrogen-bond acceptors (Lipinski definition) is 1. The fourth-order valence-electron chi connectivity index (χ4n) is 1.42. The zero-order chi connectivity index (χ0) is 12.3. The number of carbonyl (C=O) groups is 1. The largest absolute Gasteiger partial charge is 0.416 e. The number of amides is 1. The minimum absolute atomic E-state index is 0.130. The first-order valence-electron chi connectivity index (χ1n) is 4.76. The molecule has 0 unspecified atom stereocenters. The van der Waals surface area contributed by atoms with Crippen LogP contribution < -0.4 is 5.73 Å². The summed E-state index contributed by atoms with van der Waals surface area (Å²) in [5, 5.41) is 0. The summed E-state index contributed by atoms with van der Waals surface area (Å²) < 4.78 is 36.8. The molecule has 1 aromatic rings. The molecule has 0 fully saturated rings. The highest BCUT2D eigenvalue weighted by Gasteiger charge is 2.30. The molecular weight excluding hydrogens is 219 g/mol. The quantitative estimate of drug-likeness (QED) is 0.853. The van der Waals surface area contributed by atoms with Gasteiger partial charge in [-0.3, -0.25) is 4.79 Å². The van der Waals surface area contributed by atoms with Crippen molar-refractivity contribution in [2.45, 2.75) is 25.4 Å². The number of halogens is 3. The molecule has 0 saturated carbocycles. The van der Waals surface area contributed by atoms with Gasteiger partial charge in [-0.25, -0.2) is 0 Å². The average Bonchev–Trinajstić information content (AvgIpc) is 2.15. The van der Waals surface area contributed by atoms with Crippen molar-refractivity contribution >= 4 is 5.91 Å². The Kier molecular flexibility index (Phi) is 3.57. The molecule has 5 heteroatoms. The third-order valence-corrected chi connectivity index (χ3v) is 2.31. The first kappa shape index (κ1) is 12.5. The molecule has 0 aliphatic rings. The summed E-state index contributed by atoms with van der Waals surface area (Å²) in [7, 11) is 0. The lowest BCUT2D eigenvalue weighted by Crippen LogP contribution is -2.14. The van der Waals surface area contributed by atoms with Crippen molar-refractivity contribution in [1.82, 2.24) is 0 Å². The van der Waals surface area contributed by atoms with Crippen LogP contribution in [0.5, 0.6) is 0 Å². The molecular formula is C11H12F3NO. The third kappa shape index (κ3) is 3.25. The molecule has 0 aromatic heterocycles. The molecule has 2 nitrogen and oxygen atoms in total. The fourth-order valence-corrected chi connectivity index (χ4v) is 1.42. The van der Waals surface area contributed by atoms with E-state index in [1.165, 1.54) is 12.1 Å². The van der Waals surface area contributed by atoms with Crippen molar-refractivity contribution in [3.05, 3.63) is 35.4 Å². The normalized spacial score (nSPS) is 13.5. The van der Waals surface area contributed by atoms with Crippen LogP contribution in [0.1, 0.15) is 30.4 Å². The first-order chi connectivity index (χ1) is 7.30. The first-order valence-corrected chi connectivity index (χ1v) is 4.76. The molecule has 0 aliphatic carbocycles. The number of rotatable bonds is 3. The molecule has 16 heavy (non-hydrogen) atoms. The van der Waals surface area contributed by atoms with Crippen molar-refractivity contribution in [2.75, 3.05) is 0 Å². The zero-order valence-corrected chi connectivity index (χ0v) is 8.71. The molecule has 0 saturated heterocycles. The molecule has 0 bridgehead atoms. The smallest absolute Gasteiger partial charge is 0.370 e. The fraction of sp³-hybridized carbons (Fsp3) is 0.364. The second kappa shape index (κ2) is 4.55. The van der Waals surface area contributed by atoms with E-state index in [4.69, 9.17) is 5.73 Å². The van der Waals surface area contributed by atoms with Crippen molar-refractivity contribution < 1.29 is 18.0 Å². The second-order valence-corrected chi connectivity index (χ2v) is 3.69. The van der Waals surface area contributed by atoms with E-state index in [9.17, 15) is 18.0 Å². The topological polar surface area (TPSA) is 43.1 Å². The Hall–Kier alpha value is -1.52. The molecule has 1 rings (SSSR count). The molecule has 1 amide bonds. The Morgan fingerprint density at radius 1 is 1.31 bits per heavy atom. The van der Waals surface area contributed by atoms with Crippen LogP contribution in [0.15, 0.2) is 24.3 Å². The van der Waals surface area contributed by atoms with E-state index >= 15 is 0 Å². The van der Waals surface area contributed by atoms with Crippen LogP contribution in [0, 0.1) is 0 Å². The maximum atomic E-state index is 12.3. The van der Waals surface area contributed by atoms with E-state index in [2.05, 4.69) is 0 Å². The molecule has 0 spiro atoms. The Morgan fingerprint density at radius 2 is 1.81 bits per heavy atom. The van der Waals surface area contributed by atoms with Gasteiger partial charge in [-0.05, 0) is 23.6 Å². The Morgan fingerprint density at radius 3 is 2.19 bits per heavy atom. The van der Waals surface area contributed by atoms with Gasteiger partial charge in [-0.1, -0.05) is 19.1 Å². The number of nitrogens with two attached hydrogens (primary N) is 1. The van der Waals surface area contributed by atoms with Crippen LogP contribution in [0.3, 0.4) is 0 Å². The maximum Gasteiger partial charge on any atom is 0.416 e. The van der Waals surface area contributed by atoms with Gasteiger partial charge in [0.2, 0.25) is 5.91 Å². The molecule has 1 aromatic carbocycles. The van der Waals surface area contributed by atoms with Crippen molar-refractivity contribution in [1.29, 1.82) is 0 Å². The molecule has 0 heterocycles. The van der Waals surface area contributed by atoms with Gasteiger partial charge in [-0.15, -0.1) is 0 Å². The van der Waals surface area contributed by atoms with Gasteiger partial charge in [0, 0.05) is 6.42 Å². The van der Waals surface area contributed by atoms with Gasteiger partial charge < -0.3 is 5.73 Å². The van der Waals surface area contributed by atoms with E-state index in [0.717, 1.165) is 12.1 Å². The van der Waals surface area contributed by atoms with Gasteiger partial charge in [0.25, 0.3) is 0 Å². The highest BCUT2D eigenvalue weighted by molar-refractivity contribution is 5.74. The molecule has 0 aliphatic heterocycles. The van der Waals surface area contributed by atoms with Gasteiger partial charge in [0.1, 0.15) is 0 Å². The van der Waals surface area contributed by atoms with Crippen molar-refractivity contribution in [3.8, 4) is 0 Å². The summed E-state index contributed by atoms with van der Waals surface area (Å²) in [6.45, 7) is 1.74. The van der Waals surface area contributed by atoms with Crippen LogP contribution in [0.25, 0.3) is 0 Å².